The van der Waals surface area contributed by atoms with E-state index in [1.165, 1.54) is 25.7 Å². The topological polar surface area (TPSA) is 93.1 Å². The van der Waals surface area contributed by atoms with E-state index in [-0.39, 0.29) is 25.6 Å². The fourth-order valence-electron chi connectivity index (χ4n) is 2.43. The number of phosphoric ester groups is 1. The van der Waals surface area contributed by atoms with Crippen molar-refractivity contribution in [3.63, 3.8) is 0 Å². The Morgan fingerprint density at radius 2 is 1.30 bits per heavy atom. The Morgan fingerprint density at radius 3 is 1.83 bits per heavy atom. The number of unbranched alkanes of at least 4 members (excludes halogenated alkanes) is 4. The summed E-state index contributed by atoms with van der Waals surface area (Å²) in [7, 11) is -4.44. The predicted molar refractivity (Wildman–Crippen MR) is 122 cm³/mol. The summed E-state index contributed by atoms with van der Waals surface area (Å²) in [6, 6.07) is 0. The third-order valence-electron chi connectivity index (χ3n) is 4.02. The maximum absolute atomic E-state index is 11.5. The highest BCUT2D eigenvalue weighted by atomic mass is 31.2. The van der Waals surface area contributed by atoms with E-state index in [0.717, 1.165) is 25.7 Å². The van der Waals surface area contributed by atoms with Crippen LogP contribution in [0.4, 0.5) is 0 Å². The first-order valence-corrected chi connectivity index (χ1v) is 12.4. The molecule has 0 amide bonds. The van der Waals surface area contributed by atoms with Gasteiger partial charge in [0, 0.05) is 12.8 Å². The van der Waals surface area contributed by atoms with Gasteiger partial charge in [0.15, 0.2) is 0 Å². The minimum absolute atomic E-state index is 0.100. The summed E-state index contributed by atoms with van der Waals surface area (Å²) >= 11 is 0. The van der Waals surface area contributed by atoms with E-state index in [2.05, 4.69) is 60.1 Å². The molecule has 7 heteroatoms. The molecule has 0 aliphatic carbocycles. The summed E-state index contributed by atoms with van der Waals surface area (Å²) in [5.74, 6) is -0.304. The molecular weight excluding hydrogens is 403 g/mol. The third-order valence-corrected chi connectivity index (χ3v) is 4.54. The van der Waals surface area contributed by atoms with Crippen molar-refractivity contribution in [3.8, 4) is 0 Å². The largest absolute Gasteiger partial charge is 0.469 e. The Kier molecular flexibility index (Phi) is 19.8. The standard InChI is InChI=1S/C23H39O6P/c1-2-3-4-5-6-7-8-9-10-11-12-13-14-15-16-17-18-20-23(24)28-21-19-22-29-30(25,26)27/h6-7,9-10,12-13,15-16H,2-5,8,11,14,17-22H2,1H3,(H2,25,26,27)/b7-6-,10-9-,13-12-,16-15-. The number of hydrogen-bond acceptors (Lipinski definition) is 4. The molecule has 0 aromatic heterocycles. The van der Waals surface area contributed by atoms with Gasteiger partial charge in [-0.15, -0.1) is 0 Å². The molecule has 2 N–H and O–H groups in total. The van der Waals surface area contributed by atoms with Gasteiger partial charge in [0.05, 0.1) is 13.2 Å². The van der Waals surface area contributed by atoms with Crippen LogP contribution in [0.15, 0.2) is 48.6 Å². The van der Waals surface area contributed by atoms with E-state index in [1.54, 1.807) is 0 Å². The first kappa shape index (κ1) is 28.5. The molecule has 30 heavy (non-hydrogen) atoms. The molecule has 0 bridgehead atoms. The third kappa shape index (κ3) is 24.6. The lowest BCUT2D eigenvalue weighted by atomic mass is 10.2. The molecular formula is C23H39O6P. The van der Waals surface area contributed by atoms with Gasteiger partial charge in [-0.2, -0.15) is 0 Å². The van der Waals surface area contributed by atoms with E-state index in [4.69, 9.17) is 14.5 Å². The van der Waals surface area contributed by atoms with Gasteiger partial charge in [-0.3, -0.25) is 9.32 Å². The normalized spacial score (nSPS) is 12.8. The number of carbonyl (C=O) groups excluding carboxylic acids is 1. The average Bonchev–Trinajstić information content (AvgIpc) is 2.69. The van der Waals surface area contributed by atoms with Crippen LogP contribution in [0.5, 0.6) is 0 Å². The zero-order valence-electron chi connectivity index (χ0n) is 18.3. The smallest absolute Gasteiger partial charge is 0.466 e. The fourth-order valence-corrected chi connectivity index (χ4v) is 2.79. The van der Waals surface area contributed by atoms with Crippen molar-refractivity contribution in [1.82, 2.24) is 0 Å². The summed E-state index contributed by atoms with van der Waals surface area (Å²) in [5, 5.41) is 0. The van der Waals surface area contributed by atoms with Gasteiger partial charge >= 0.3 is 13.8 Å². The Morgan fingerprint density at radius 1 is 0.767 bits per heavy atom. The molecule has 0 aliphatic heterocycles. The second kappa shape index (κ2) is 20.8. The summed E-state index contributed by atoms with van der Waals surface area (Å²) in [6.07, 6.45) is 27.3. The van der Waals surface area contributed by atoms with Gasteiger partial charge in [0.25, 0.3) is 0 Å². The van der Waals surface area contributed by atoms with Crippen LogP contribution in [-0.4, -0.2) is 29.0 Å². The van der Waals surface area contributed by atoms with E-state index in [1.807, 2.05) is 0 Å². The van der Waals surface area contributed by atoms with Crippen molar-refractivity contribution >= 4 is 13.8 Å². The molecule has 0 aliphatic rings. The zero-order chi connectivity index (χ0) is 22.3. The molecule has 6 nitrogen and oxygen atoms in total. The lowest BCUT2D eigenvalue weighted by Gasteiger charge is -2.06. The van der Waals surface area contributed by atoms with Gasteiger partial charge in [0.2, 0.25) is 0 Å². The minimum Gasteiger partial charge on any atom is -0.466 e. The van der Waals surface area contributed by atoms with Crippen LogP contribution >= 0.6 is 7.82 Å². The zero-order valence-corrected chi connectivity index (χ0v) is 19.2. The van der Waals surface area contributed by atoms with Gasteiger partial charge in [0.1, 0.15) is 0 Å². The van der Waals surface area contributed by atoms with Crippen LogP contribution in [-0.2, 0) is 18.6 Å². The molecule has 0 aromatic rings. The van der Waals surface area contributed by atoms with E-state index in [9.17, 15) is 9.36 Å². The molecule has 0 unspecified atom stereocenters. The maximum Gasteiger partial charge on any atom is 0.469 e. The second-order valence-electron chi connectivity index (χ2n) is 6.88. The van der Waals surface area contributed by atoms with Gasteiger partial charge in [-0.05, 0) is 44.9 Å². The van der Waals surface area contributed by atoms with Crippen molar-refractivity contribution in [2.75, 3.05) is 13.2 Å². The van der Waals surface area contributed by atoms with Crippen molar-refractivity contribution in [1.29, 1.82) is 0 Å². The first-order chi connectivity index (χ1) is 14.5. The quantitative estimate of drug-likeness (QED) is 0.107. The molecule has 0 atom stereocenters. The van der Waals surface area contributed by atoms with Crippen LogP contribution in [0, 0.1) is 0 Å². The predicted octanol–water partition coefficient (Wildman–Crippen LogP) is 6.17. The Bertz CT molecular complexity index is 574. The summed E-state index contributed by atoms with van der Waals surface area (Å²) in [6.45, 7) is 2.18. The monoisotopic (exact) mass is 442 g/mol. The maximum atomic E-state index is 11.5. The second-order valence-corrected chi connectivity index (χ2v) is 8.12. The Balaban J connectivity index is 3.50. The number of hydrogen-bond donors (Lipinski definition) is 2. The lowest BCUT2D eigenvalue weighted by Crippen LogP contribution is -2.07. The van der Waals surface area contributed by atoms with E-state index >= 15 is 0 Å². The van der Waals surface area contributed by atoms with E-state index in [0.29, 0.717) is 12.8 Å². The van der Waals surface area contributed by atoms with Crippen molar-refractivity contribution in [3.05, 3.63) is 48.6 Å². The number of rotatable bonds is 19. The molecule has 0 rings (SSSR count). The number of allylic oxidation sites excluding steroid dienone is 8. The van der Waals surface area contributed by atoms with Gasteiger partial charge < -0.3 is 14.5 Å². The molecule has 0 saturated heterocycles. The molecule has 0 heterocycles. The Hall–Kier alpha value is -1.46. The van der Waals surface area contributed by atoms with Crippen LogP contribution in [0.2, 0.25) is 0 Å². The van der Waals surface area contributed by atoms with Gasteiger partial charge in [-0.1, -0.05) is 68.4 Å². The lowest BCUT2D eigenvalue weighted by molar-refractivity contribution is -0.143. The van der Waals surface area contributed by atoms with Crippen LogP contribution in [0.1, 0.15) is 77.6 Å². The highest BCUT2D eigenvalue weighted by molar-refractivity contribution is 7.46. The highest BCUT2D eigenvalue weighted by Gasteiger charge is 2.12. The van der Waals surface area contributed by atoms with E-state index < -0.39 is 7.82 Å². The van der Waals surface area contributed by atoms with Gasteiger partial charge in [-0.25, -0.2) is 4.57 Å². The average molecular weight is 443 g/mol. The first-order valence-electron chi connectivity index (χ1n) is 10.9. The van der Waals surface area contributed by atoms with Crippen molar-refractivity contribution in [2.45, 2.75) is 77.6 Å². The van der Waals surface area contributed by atoms with Crippen LogP contribution < -0.4 is 0 Å². The fraction of sp³-hybridized carbons (Fsp3) is 0.609. The number of carbonyl (C=O) groups is 1. The highest BCUT2D eigenvalue weighted by Crippen LogP contribution is 2.35. The molecule has 172 valence electrons. The molecule has 0 fully saturated rings. The molecule has 0 spiro atoms. The SMILES string of the molecule is CCCCC/C=C\C/C=C\C/C=C\C/C=C\CCCC(=O)OCCCOP(=O)(O)O. The number of esters is 1. The van der Waals surface area contributed by atoms with Crippen LogP contribution in [0.25, 0.3) is 0 Å². The molecule has 0 aromatic carbocycles. The summed E-state index contributed by atoms with van der Waals surface area (Å²) in [4.78, 5) is 28.5. The Labute approximate surface area is 182 Å². The van der Waals surface area contributed by atoms with Crippen molar-refractivity contribution in [2.24, 2.45) is 0 Å². The molecule has 0 radical (unpaired) electrons. The minimum atomic E-state index is -4.44. The summed E-state index contributed by atoms with van der Waals surface area (Å²) < 4.78 is 19.7. The van der Waals surface area contributed by atoms with Crippen LogP contribution in [0.3, 0.4) is 0 Å². The number of phosphoric acid groups is 1. The van der Waals surface area contributed by atoms with Crippen molar-refractivity contribution < 1.29 is 28.4 Å². The molecule has 0 saturated carbocycles. The number of ether oxygens (including phenoxy) is 1. The summed E-state index contributed by atoms with van der Waals surface area (Å²) in [5.41, 5.74) is 0.